The van der Waals surface area contributed by atoms with Gasteiger partial charge in [-0.15, -0.1) is 22.7 Å². The second kappa shape index (κ2) is 4.81. The van der Waals surface area contributed by atoms with Crippen molar-refractivity contribution in [1.82, 2.24) is 17.9 Å². The Labute approximate surface area is 155 Å². The largest absolute Gasteiger partial charge is 0.331 e. The summed E-state index contributed by atoms with van der Waals surface area (Å²) in [6.45, 7) is 6.38. The minimum Gasteiger partial charge on any atom is -0.331 e. The topological polar surface area (TPSA) is 35.6 Å². The molecule has 124 valence electrons. The van der Waals surface area contributed by atoms with Crippen LogP contribution in [-0.2, 0) is 13.1 Å². The molecule has 0 saturated carbocycles. The number of hydrogen-bond acceptors (Lipinski definition) is 5. The van der Waals surface area contributed by atoms with Crippen molar-refractivity contribution in [3.8, 4) is 0 Å². The summed E-state index contributed by atoms with van der Waals surface area (Å²) in [6, 6.07) is 4.47. The highest BCUT2D eigenvalue weighted by Gasteiger charge is 2.25. The molecule has 0 N–H and O–H groups in total. The van der Waals surface area contributed by atoms with Crippen LogP contribution in [0, 0.1) is 0 Å². The van der Waals surface area contributed by atoms with E-state index in [1.807, 2.05) is 22.7 Å². The van der Waals surface area contributed by atoms with Gasteiger partial charge in [-0.25, -0.2) is 0 Å². The molecule has 0 aliphatic rings. The summed E-state index contributed by atoms with van der Waals surface area (Å²) in [5.41, 5.74) is 4.77. The van der Waals surface area contributed by atoms with Crippen LogP contribution in [0.25, 0.3) is 53.3 Å². The number of aryl methyl sites for hydroxylation is 2. The third-order valence-corrected chi connectivity index (χ3v) is 7.55. The van der Waals surface area contributed by atoms with Crippen LogP contribution in [0.1, 0.15) is 13.8 Å². The number of fused-ring (bicyclic) bond motifs is 10. The molecule has 0 atom stereocenters. The van der Waals surface area contributed by atoms with Crippen LogP contribution in [0.2, 0.25) is 0 Å². The van der Waals surface area contributed by atoms with E-state index in [4.69, 9.17) is 8.75 Å². The summed E-state index contributed by atoms with van der Waals surface area (Å²) in [7, 11) is 0. The van der Waals surface area contributed by atoms with Crippen LogP contribution in [0.15, 0.2) is 22.9 Å². The summed E-state index contributed by atoms with van der Waals surface area (Å²) >= 11 is 4.96. The normalized spacial score (nSPS) is 12.7. The molecule has 0 amide bonds. The molecule has 6 aromatic rings. The van der Waals surface area contributed by atoms with E-state index in [1.54, 1.807) is 0 Å². The van der Waals surface area contributed by atoms with Crippen LogP contribution in [0.4, 0.5) is 0 Å². The first-order chi connectivity index (χ1) is 12.3. The van der Waals surface area contributed by atoms with E-state index >= 15 is 0 Å². The van der Waals surface area contributed by atoms with Crippen molar-refractivity contribution in [3.05, 3.63) is 22.9 Å². The molecule has 1 aromatic carbocycles. The molecule has 0 bridgehead atoms. The Morgan fingerprint density at radius 2 is 1.28 bits per heavy atom. The highest BCUT2D eigenvalue weighted by atomic mass is 32.1. The SMILES string of the molecule is CCn1c2sccc2c2c3nsnc3c3c4ccsc4n(CC)c3c21. The van der Waals surface area contributed by atoms with Crippen molar-refractivity contribution in [2.24, 2.45) is 0 Å². The van der Waals surface area contributed by atoms with Gasteiger partial charge in [-0.2, -0.15) is 8.75 Å². The molecule has 0 aliphatic heterocycles. The highest BCUT2D eigenvalue weighted by Crippen LogP contribution is 2.45. The maximum absolute atomic E-state index is 4.72. The van der Waals surface area contributed by atoms with E-state index in [1.165, 1.54) is 54.0 Å². The molecule has 4 nitrogen and oxygen atoms in total. The van der Waals surface area contributed by atoms with Gasteiger partial charge in [-0.05, 0) is 36.7 Å². The molecule has 5 aromatic heterocycles. The fraction of sp³-hybridized carbons (Fsp3) is 0.222. The molecular weight excluding hydrogens is 368 g/mol. The number of benzene rings is 1. The van der Waals surface area contributed by atoms with Crippen LogP contribution in [0.3, 0.4) is 0 Å². The van der Waals surface area contributed by atoms with Crippen LogP contribution in [-0.4, -0.2) is 17.9 Å². The molecule has 0 unspecified atom stereocenters. The number of hydrogen-bond donors (Lipinski definition) is 0. The van der Waals surface area contributed by atoms with E-state index in [-0.39, 0.29) is 0 Å². The predicted molar refractivity (Wildman–Crippen MR) is 111 cm³/mol. The zero-order valence-electron chi connectivity index (χ0n) is 13.7. The van der Waals surface area contributed by atoms with E-state index in [9.17, 15) is 0 Å². The van der Waals surface area contributed by atoms with Gasteiger partial charge in [0.15, 0.2) is 0 Å². The second-order valence-electron chi connectivity index (χ2n) is 6.18. The Balaban J connectivity index is 2.10. The van der Waals surface area contributed by atoms with Gasteiger partial charge in [0.1, 0.15) is 20.7 Å². The third kappa shape index (κ3) is 1.53. The Morgan fingerprint density at radius 3 is 1.72 bits per heavy atom. The Morgan fingerprint density at radius 1 is 0.800 bits per heavy atom. The van der Waals surface area contributed by atoms with Crippen molar-refractivity contribution in [2.75, 3.05) is 0 Å². The minimum absolute atomic E-state index is 0.960. The van der Waals surface area contributed by atoms with E-state index in [0.717, 1.165) is 24.1 Å². The maximum Gasteiger partial charge on any atom is 0.115 e. The fourth-order valence-corrected chi connectivity index (χ4v) is 6.74. The zero-order valence-corrected chi connectivity index (χ0v) is 16.2. The number of thiophene rings is 2. The van der Waals surface area contributed by atoms with Crippen molar-refractivity contribution < 1.29 is 0 Å². The lowest BCUT2D eigenvalue weighted by Crippen LogP contribution is -1.98. The standard InChI is InChI=1S/C18H14N4S3/c1-3-21-15-11(9-5-7-23-17(9)21)13-14(20-25-19-13)12-10-6-8-24-18(10)22(4-2)16(12)15/h5-8H,3-4H2,1-2H3. The first-order valence-corrected chi connectivity index (χ1v) is 10.9. The summed E-state index contributed by atoms with van der Waals surface area (Å²) in [4.78, 5) is 2.68. The van der Waals surface area contributed by atoms with Crippen LogP contribution in [0.5, 0.6) is 0 Å². The second-order valence-corrected chi connectivity index (χ2v) is 8.49. The maximum atomic E-state index is 4.72. The monoisotopic (exact) mass is 382 g/mol. The van der Waals surface area contributed by atoms with E-state index in [0.29, 0.717) is 0 Å². The molecule has 5 heterocycles. The van der Waals surface area contributed by atoms with Gasteiger partial charge in [0.25, 0.3) is 0 Å². The summed E-state index contributed by atoms with van der Waals surface area (Å²) in [6.07, 6.45) is 0. The van der Waals surface area contributed by atoms with E-state index < -0.39 is 0 Å². The smallest absolute Gasteiger partial charge is 0.115 e. The summed E-state index contributed by atoms with van der Waals surface area (Å²) in [5.74, 6) is 0. The average Bonchev–Trinajstić information content (AvgIpc) is 3.38. The van der Waals surface area contributed by atoms with Crippen LogP contribution >= 0.6 is 34.4 Å². The molecule has 6 rings (SSSR count). The molecule has 0 spiro atoms. The van der Waals surface area contributed by atoms with Crippen molar-refractivity contribution >= 4 is 87.7 Å². The fourth-order valence-electron chi connectivity index (χ4n) is 4.22. The van der Waals surface area contributed by atoms with Crippen molar-refractivity contribution in [3.63, 3.8) is 0 Å². The molecule has 0 aliphatic carbocycles. The number of nitrogens with zero attached hydrogens (tertiary/aromatic N) is 4. The number of aromatic nitrogens is 4. The quantitative estimate of drug-likeness (QED) is 0.364. The zero-order chi connectivity index (χ0) is 16.7. The first-order valence-electron chi connectivity index (χ1n) is 8.38. The molecule has 25 heavy (non-hydrogen) atoms. The molecule has 7 heteroatoms. The van der Waals surface area contributed by atoms with Crippen LogP contribution < -0.4 is 0 Å². The lowest BCUT2D eigenvalue weighted by Gasteiger charge is -2.08. The predicted octanol–water partition coefficient (Wildman–Crippen LogP) is 6.07. The van der Waals surface area contributed by atoms with Gasteiger partial charge in [0.2, 0.25) is 0 Å². The van der Waals surface area contributed by atoms with Gasteiger partial charge in [-0.1, -0.05) is 0 Å². The van der Waals surface area contributed by atoms with E-state index in [2.05, 4.69) is 45.9 Å². The Bertz CT molecular complexity index is 1320. The average molecular weight is 383 g/mol. The van der Waals surface area contributed by atoms with Gasteiger partial charge in [-0.3, -0.25) is 0 Å². The minimum atomic E-state index is 0.960. The number of rotatable bonds is 2. The van der Waals surface area contributed by atoms with Crippen molar-refractivity contribution in [2.45, 2.75) is 26.9 Å². The Hall–Kier alpha value is -1.96. The highest BCUT2D eigenvalue weighted by molar-refractivity contribution is 7.17. The lowest BCUT2D eigenvalue weighted by molar-refractivity contribution is 0.814. The molecular formula is C18H14N4S3. The summed E-state index contributed by atoms with van der Waals surface area (Å²) in [5, 5.41) is 9.54. The molecule has 0 fully saturated rings. The third-order valence-electron chi connectivity index (χ3n) is 5.15. The van der Waals surface area contributed by atoms with Gasteiger partial charge in [0.05, 0.1) is 22.8 Å². The summed E-state index contributed by atoms with van der Waals surface area (Å²) < 4.78 is 14.4. The van der Waals surface area contributed by atoms with Gasteiger partial charge in [0, 0.05) is 34.6 Å². The lowest BCUT2D eigenvalue weighted by atomic mass is 10.1. The van der Waals surface area contributed by atoms with Crippen molar-refractivity contribution in [1.29, 1.82) is 0 Å². The molecule has 0 saturated heterocycles. The first kappa shape index (κ1) is 14.2. The van der Waals surface area contributed by atoms with Gasteiger partial charge < -0.3 is 9.13 Å². The molecule has 0 radical (unpaired) electrons. The van der Waals surface area contributed by atoms with Gasteiger partial charge >= 0.3 is 0 Å². The Kier molecular flexibility index (Phi) is 2.74.